The van der Waals surface area contributed by atoms with Crippen LogP contribution in [0.4, 0.5) is 5.95 Å². The molecule has 1 aromatic carbocycles. The first kappa shape index (κ1) is 20.7. The Bertz CT molecular complexity index is 789. The van der Waals surface area contributed by atoms with Crippen LogP contribution in [-0.2, 0) is 11.3 Å². The van der Waals surface area contributed by atoms with E-state index in [-0.39, 0.29) is 11.8 Å². The number of aromatic nitrogens is 2. The van der Waals surface area contributed by atoms with Crippen LogP contribution in [-0.4, -0.2) is 66.0 Å². The van der Waals surface area contributed by atoms with Crippen LogP contribution in [0.1, 0.15) is 29.3 Å². The van der Waals surface area contributed by atoms with Gasteiger partial charge in [-0.3, -0.25) is 14.5 Å². The van der Waals surface area contributed by atoms with Crippen LogP contribution in [0.15, 0.2) is 42.7 Å². The molecule has 2 heterocycles. The number of anilines is 1. The van der Waals surface area contributed by atoms with Crippen molar-refractivity contribution >= 4 is 17.8 Å². The van der Waals surface area contributed by atoms with E-state index in [1.807, 2.05) is 18.2 Å². The topological polar surface area (TPSA) is 90.5 Å². The number of amides is 2. The maximum absolute atomic E-state index is 12.3. The first-order chi connectivity index (χ1) is 14.1. The van der Waals surface area contributed by atoms with Gasteiger partial charge in [0.05, 0.1) is 0 Å². The van der Waals surface area contributed by atoms with E-state index < -0.39 is 0 Å². The SMILES string of the molecule is CC(=O)NCc1ccc(C(=O)NCCCN2CCN(c3ncccn3)CC2)cc1. The van der Waals surface area contributed by atoms with Crippen LogP contribution in [0.3, 0.4) is 0 Å². The Labute approximate surface area is 171 Å². The Balaban J connectivity index is 1.32. The number of carbonyl (C=O) groups is 2. The standard InChI is InChI=1S/C21H28N6O2/c1-17(28)25-16-18-4-6-19(7-5-18)20(29)22-10-3-11-26-12-14-27(15-13-26)21-23-8-2-9-24-21/h2,4-9H,3,10-16H2,1H3,(H,22,29)(H,25,28). The molecule has 0 unspecified atom stereocenters. The van der Waals surface area contributed by atoms with E-state index in [9.17, 15) is 9.59 Å². The van der Waals surface area contributed by atoms with Crippen molar-refractivity contribution in [3.63, 3.8) is 0 Å². The minimum Gasteiger partial charge on any atom is -0.352 e. The van der Waals surface area contributed by atoms with Gasteiger partial charge in [-0.1, -0.05) is 12.1 Å². The van der Waals surface area contributed by atoms with Crippen LogP contribution in [0.25, 0.3) is 0 Å². The van der Waals surface area contributed by atoms with Crippen LogP contribution < -0.4 is 15.5 Å². The van der Waals surface area contributed by atoms with E-state index in [1.165, 1.54) is 6.92 Å². The molecule has 8 heteroatoms. The second kappa shape index (κ2) is 10.5. The van der Waals surface area contributed by atoms with Gasteiger partial charge < -0.3 is 15.5 Å². The largest absolute Gasteiger partial charge is 0.352 e. The Morgan fingerprint density at radius 3 is 2.34 bits per heavy atom. The summed E-state index contributed by atoms with van der Waals surface area (Å²) in [6, 6.07) is 9.13. The molecule has 2 aromatic rings. The molecule has 2 N–H and O–H groups in total. The summed E-state index contributed by atoms with van der Waals surface area (Å²) in [5.41, 5.74) is 1.60. The summed E-state index contributed by atoms with van der Waals surface area (Å²) in [6.07, 6.45) is 4.45. The average molecular weight is 396 g/mol. The molecule has 0 aliphatic carbocycles. The van der Waals surface area contributed by atoms with E-state index in [0.29, 0.717) is 18.7 Å². The van der Waals surface area contributed by atoms with Crippen molar-refractivity contribution in [2.24, 2.45) is 0 Å². The summed E-state index contributed by atoms with van der Waals surface area (Å²) in [4.78, 5) is 36.4. The molecule has 154 valence electrons. The summed E-state index contributed by atoms with van der Waals surface area (Å²) in [6.45, 7) is 7.35. The monoisotopic (exact) mass is 396 g/mol. The van der Waals surface area contributed by atoms with Crippen LogP contribution in [0, 0.1) is 0 Å². The minimum absolute atomic E-state index is 0.0675. The van der Waals surface area contributed by atoms with Crippen molar-refractivity contribution in [3.8, 4) is 0 Å². The zero-order valence-electron chi connectivity index (χ0n) is 16.8. The third-order valence-corrected chi connectivity index (χ3v) is 4.90. The molecule has 3 rings (SSSR count). The maximum atomic E-state index is 12.3. The highest BCUT2D eigenvalue weighted by Gasteiger charge is 2.18. The molecule has 0 atom stereocenters. The lowest BCUT2D eigenvalue weighted by atomic mass is 10.1. The van der Waals surface area contributed by atoms with Gasteiger partial charge in [0.15, 0.2) is 0 Å². The molecule has 1 aromatic heterocycles. The van der Waals surface area contributed by atoms with Gasteiger partial charge in [0.1, 0.15) is 0 Å². The predicted molar refractivity (Wildman–Crippen MR) is 112 cm³/mol. The molecule has 0 radical (unpaired) electrons. The maximum Gasteiger partial charge on any atom is 0.251 e. The number of carbonyl (C=O) groups excluding carboxylic acids is 2. The summed E-state index contributed by atoms with van der Waals surface area (Å²) in [5.74, 6) is 0.659. The van der Waals surface area contributed by atoms with Gasteiger partial charge in [-0.2, -0.15) is 0 Å². The van der Waals surface area contributed by atoms with Crippen molar-refractivity contribution in [2.45, 2.75) is 19.9 Å². The van der Waals surface area contributed by atoms with Crippen LogP contribution >= 0.6 is 0 Å². The number of hydrogen-bond acceptors (Lipinski definition) is 6. The summed E-state index contributed by atoms with van der Waals surface area (Å²) in [7, 11) is 0. The highest BCUT2D eigenvalue weighted by Crippen LogP contribution is 2.10. The van der Waals surface area contributed by atoms with Gasteiger partial charge >= 0.3 is 0 Å². The van der Waals surface area contributed by atoms with Gasteiger partial charge in [0, 0.05) is 64.1 Å². The average Bonchev–Trinajstić information content (AvgIpc) is 2.76. The molecule has 0 saturated carbocycles. The van der Waals surface area contributed by atoms with E-state index in [1.54, 1.807) is 24.5 Å². The Morgan fingerprint density at radius 2 is 1.69 bits per heavy atom. The van der Waals surface area contributed by atoms with Gasteiger partial charge in [0.2, 0.25) is 11.9 Å². The zero-order chi connectivity index (χ0) is 20.5. The first-order valence-corrected chi connectivity index (χ1v) is 9.98. The Morgan fingerprint density at radius 1 is 1.00 bits per heavy atom. The number of piperazine rings is 1. The Kier molecular flexibility index (Phi) is 7.52. The lowest BCUT2D eigenvalue weighted by Gasteiger charge is -2.34. The van der Waals surface area contributed by atoms with Crippen LogP contribution in [0.5, 0.6) is 0 Å². The van der Waals surface area contributed by atoms with E-state index >= 15 is 0 Å². The minimum atomic E-state index is -0.0679. The normalized spacial score (nSPS) is 14.4. The van der Waals surface area contributed by atoms with Crippen molar-refractivity contribution in [3.05, 3.63) is 53.9 Å². The number of nitrogens with zero attached hydrogens (tertiary/aromatic N) is 4. The summed E-state index contributed by atoms with van der Waals surface area (Å²) < 4.78 is 0. The molecule has 1 fully saturated rings. The lowest BCUT2D eigenvalue weighted by Crippen LogP contribution is -2.47. The second-order valence-corrected chi connectivity index (χ2v) is 7.09. The van der Waals surface area contributed by atoms with E-state index in [0.717, 1.165) is 50.7 Å². The van der Waals surface area contributed by atoms with Crippen molar-refractivity contribution in [2.75, 3.05) is 44.2 Å². The molecule has 1 saturated heterocycles. The molecule has 0 spiro atoms. The molecule has 29 heavy (non-hydrogen) atoms. The molecule has 1 aliphatic heterocycles. The third-order valence-electron chi connectivity index (χ3n) is 4.90. The Hall–Kier alpha value is -3.00. The third kappa shape index (κ3) is 6.53. The highest BCUT2D eigenvalue weighted by molar-refractivity contribution is 5.94. The van der Waals surface area contributed by atoms with Gasteiger partial charge in [-0.15, -0.1) is 0 Å². The zero-order valence-corrected chi connectivity index (χ0v) is 16.8. The molecule has 8 nitrogen and oxygen atoms in total. The van der Waals surface area contributed by atoms with Crippen LogP contribution in [0.2, 0.25) is 0 Å². The number of nitrogens with one attached hydrogen (secondary N) is 2. The van der Waals surface area contributed by atoms with E-state index in [4.69, 9.17) is 0 Å². The molecular weight excluding hydrogens is 368 g/mol. The van der Waals surface area contributed by atoms with Gasteiger partial charge in [-0.25, -0.2) is 9.97 Å². The summed E-state index contributed by atoms with van der Waals surface area (Å²) >= 11 is 0. The number of benzene rings is 1. The van der Waals surface area contributed by atoms with Gasteiger partial charge in [0.25, 0.3) is 5.91 Å². The molecule has 2 amide bonds. The van der Waals surface area contributed by atoms with Crippen molar-refractivity contribution in [1.29, 1.82) is 0 Å². The fourth-order valence-corrected chi connectivity index (χ4v) is 3.23. The number of hydrogen-bond donors (Lipinski definition) is 2. The molecular formula is C21H28N6O2. The van der Waals surface area contributed by atoms with Gasteiger partial charge in [-0.05, 0) is 36.7 Å². The van der Waals surface area contributed by atoms with Crippen molar-refractivity contribution < 1.29 is 9.59 Å². The predicted octanol–water partition coefficient (Wildman–Crippen LogP) is 1.05. The summed E-state index contributed by atoms with van der Waals surface area (Å²) in [5, 5.41) is 5.72. The second-order valence-electron chi connectivity index (χ2n) is 7.09. The molecule has 0 bridgehead atoms. The quantitative estimate of drug-likeness (QED) is 0.649. The number of rotatable bonds is 8. The van der Waals surface area contributed by atoms with Crippen molar-refractivity contribution in [1.82, 2.24) is 25.5 Å². The molecule has 1 aliphatic rings. The highest BCUT2D eigenvalue weighted by atomic mass is 16.2. The fraction of sp³-hybridized carbons (Fsp3) is 0.429. The lowest BCUT2D eigenvalue weighted by molar-refractivity contribution is -0.119. The van der Waals surface area contributed by atoms with E-state index in [2.05, 4.69) is 30.4 Å². The first-order valence-electron chi connectivity index (χ1n) is 9.98. The smallest absolute Gasteiger partial charge is 0.251 e. The fourth-order valence-electron chi connectivity index (χ4n) is 3.23.